The first-order chi connectivity index (χ1) is 6.92. The molecule has 1 aliphatic rings. The van der Waals surface area contributed by atoms with Gasteiger partial charge in [0.1, 0.15) is 0 Å². The lowest BCUT2D eigenvalue weighted by Crippen LogP contribution is -2.36. The van der Waals surface area contributed by atoms with E-state index in [9.17, 15) is 0 Å². The van der Waals surface area contributed by atoms with Crippen molar-refractivity contribution in [1.82, 2.24) is 0 Å². The summed E-state index contributed by atoms with van der Waals surface area (Å²) in [5.41, 5.74) is 2.65. The predicted octanol–water partition coefficient (Wildman–Crippen LogP) is 1.90. The summed E-state index contributed by atoms with van der Waals surface area (Å²) in [6, 6.07) is 8.48. The van der Waals surface area contributed by atoms with Gasteiger partial charge in [-0.05, 0) is 25.0 Å². The second-order valence-corrected chi connectivity index (χ2v) is 3.48. The molecule has 0 N–H and O–H groups in total. The standard InChI is InChI=1S/C12H16NO/c1-2-11-5-3-4-6-12(11)13-7-9-14-10-8-13/h3-6H,1-2,7-10H2. The fraction of sp³-hybridized carbons (Fsp3) is 0.417. The molecular weight excluding hydrogens is 174 g/mol. The molecule has 1 saturated heterocycles. The van der Waals surface area contributed by atoms with Crippen molar-refractivity contribution in [1.29, 1.82) is 0 Å². The highest BCUT2D eigenvalue weighted by molar-refractivity contribution is 5.54. The van der Waals surface area contributed by atoms with Crippen molar-refractivity contribution in [3.8, 4) is 0 Å². The summed E-state index contributed by atoms with van der Waals surface area (Å²) in [5, 5.41) is 0. The maximum Gasteiger partial charge on any atom is 0.0642 e. The van der Waals surface area contributed by atoms with Crippen LogP contribution in [0.5, 0.6) is 0 Å². The number of benzene rings is 1. The first-order valence-corrected chi connectivity index (χ1v) is 5.11. The van der Waals surface area contributed by atoms with Crippen molar-refractivity contribution < 1.29 is 4.74 Å². The number of ether oxygens (including phenoxy) is 1. The Bertz CT molecular complexity index is 292. The molecule has 0 unspecified atom stereocenters. The van der Waals surface area contributed by atoms with Gasteiger partial charge in [-0.15, -0.1) is 0 Å². The van der Waals surface area contributed by atoms with Gasteiger partial charge in [-0.2, -0.15) is 0 Å². The quantitative estimate of drug-likeness (QED) is 0.706. The monoisotopic (exact) mass is 190 g/mol. The summed E-state index contributed by atoms with van der Waals surface area (Å²) in [6.45, 7) is 7.63. The molecule has 2 nitrogen and oxygen atoms in total. The van der Waals surface area contributed by atoms with Crippen molar-refractivity contribution >= 4 is 5.69 Å². The third-order valence-electron chi connectivity index (χ3n) is 2.61. The van der Waals surface area contributed by atoms with Crippen LogP contribution in [0.4, 0.5) is 5.69 Å². The van der Waals surface area contributed by atoms with Crippen LogP contribution in [0.3, 0.4) is 0 Å². The highest BCUT2D eigenvalue weighted by Crippen LogP contribution is 2.21. The molecule has 0 saturated carbocycles. The van der Waals surface area contributed by atoms with Gasteiger partial charge in [0.05, 0.1) is 13.2 Å². The number of para-hydroxylation sites is 1. The highest BCUT2D eigenvalue weighted by Gasteiger charge is 2.12. The first kappa shape index (κ1) is 9.53. The van der Waals surface area contributed by atoms with Crippen molar-refractivity contribution in [3.05, 3.63) is 36.8 Å². The van der Waals surface area contributed by atoms with E-state index in [2.05, 4.69) is 36.1 Å². The Balaban J connectivity index is 2.20. The Hall–Kier alpha value is -1.02. The molecule has 0 spiro atoms. The van der Waals surface area contributed by atoms with E-state index in [1.807, 2.05) is 0 Å². The molecule has 75 valence electrons. The van der Waals surface area contributed by atoms with Gasteiger partial charge in [0.2, 0.25) is 0 Å². The fourth-order valence-electron chi connectivity index (χ4n) is 1.83. The van der Waals surface area contributed by atoms with Gasteiger partial charge in [0.15, 0.2) is 0 Å². The van der Waals surface area contributed by atoms with E-state index in [1.54, 1.807) is 0 Å². The molecule has 1 fully saturated rings. The maximum atomic E-state index is 5.34. The Morgan fingerprint density at radius 2 is 1.93 bits per heavy atom. The largest absolute Gasteiger partial charge is 0.378 e. The normalized spacial score (nSPS) is 17.1. The maximum absolute atomic E-state index is 5.34. The van der Waals surface area contributed by atoms with Crippen molar-refractivity contribution in [2.45, 2.75) is 6.42 Å². The molecular formula is C12H16NO. The SMILES string of the molecule is [CH2]Cc1ccccc1N1CCOCC1. The molecule has 0 aliphatic carbocycles. The lowest BCUT2D eigenvalue weighted by atomic mass is 10.1. The molecule has 14 heavy (non-hydrogen) atoms. The molecule has 1 aromatic carbocycles. The first-order valence-electron chi connectivity index (χ1n) is 5.11. The third-order valence-corrected chi connectivity index (χ3v) is 2.61. The molecule has 1 aliphatic heterocycles. The van der Waals surface area contributed by atoms with Crippen LogP contribution in [-0.2, 0) is 11.2 Å². The van der Waals surface area contributed by atoms with E-state index >= 15 is 0 Å². The Morgan fingerprint density at radius 1 is 1.21 bits per heavy atom. The van der Waals surface area contributed by atoms with Gasteiger partial charge < -0.3 is 9.64 Å². The van der Waals surface area contributed by atoms with Gasteiger partial charge in [-0.25, -0.2) is 0 Å². The van der Waals surface area contributed by atoms with Gasteiger partial charge in [-0.3, -0.25) is 0 Å². The summed E-state index contributed by atoms with van der Waals surface area (Å²) in [5.74, 6) is 0. The molecule has 0 bridgehead atoms. The lowest BCUT2D eigenvalue weighted by Gasteiger charge is -2.30. The lowest BCUT2D eigenvalue weighted by molar-refractivity contribution is 0.122. The molecule has 2 rings (SSSR count). The summed E-state index contributed by atoms with van der Waals surface area (Å²) in [6.07, 6.45) is 0.855. The summed E-state index contributed by atoms with van der Waals surface area (Å²) < 4.78 is 5.34. The van der Waals surface area contributed by atoms with E-state index < -0.39 is 0 Å². The zero-order valence-corrected chi connectivity index (χ0v) is 8.41. The Kier molecular flexibility index (Phi) is 3.04. The minimum atomic E-state index is 0.839. The topological polar surface area (TPSA) is 12.5 Å². The zero-order valence-electron chi connectivity index (χ0n) is 8.41. The van der Waals surface area contributed by atoms with E-state index in [1.165, 1.54) is 11.3 Å². The molecule has 0 aromatic heterocycles. The fourth-order valence-corrected chi connectivity index (χ4v) is 1.83. The third kappa shape index (κ3) is 1.90. The molecule has 1 heterocycles. The van der Waals surface area contributed by atoms with Crippen LogP contribution in [0, 0.1) is 6.92 Å². The number of hydrogen-bond donors (Lipinski definition) is 0. The van der Waals surface area contributed by atoms with E-state index in [4.69, 9.17) is 4.74 Å². The van der Waals surface area contributed by atoms with Crippen LogP contribution < -0.4 is 4.90 Å². The molecule has 0 amide bonds. The summed E-state index contributed by atoms with van der Waals surface area (Å²) in [4.78, 5) is 2.38. The van der Waals surface area contributed by atoms with Crippen molar-refractivity contribution in [2.24, 2.45) is 0 Å². The number of hydrogen-bond acceptors (Lipinski definition) is 2. The number of morpholine rings is 1. The van der Waals surface area contributed by atoms with E-state index in [-0.39, 0.29) is 0 Å². The summed E-state index contributed by atoms with van der Waals surface area (Å²) >= 11 is 0. The highest BCUT2D eigenvalue weighted by atomic mass is 16.5. The van der Waals surface area contributed by atoms with Gasteiger partial charge in [0.25, 0.3) is 0 Å². The number of rotatable bonds is 2. The number of nitrogens with zero attached hydrogens (tertiary/aromatic N) is 1. The zero-order chi connectivity index (χ0) is 9.80. The van der Waals surface area contributed by atoms with Gasteiger partial charge in [0, 0.05) is 18.8 Å². The van der Waals surface area contributed by atoms with Crippen molar-refractivity contribution in [3.63, 3.8) is 0 Å². The van der Waals surface area contributed by atoms with Crippen LogP contribution in [0.1, 0.15) is 5.56 Å². The van der Waals surface area contributed by atoms with Crippen LogP contribution >= 0.6 is 0 Å². The van der Waals surface area contributed by atoms with Gasteiger partial charge >= 0.3 is 0 Å². The second kappa shape index (κ2) is 4.47. The van der Waals surface area contributed by atoms with E-state index in [0.717, 1.165) is 32.7 Å². The minimum absolute atomic E-state index is 0.839. The molecule has 2 heteroatoms. The van der Waals surface area contributed by atoms with Crippen molar-refractivity contribution in [2.75, 3.05) is 31.2 Å². The van der Waals surface area contributed by atoms with Gasteiger partial charge in [-0.1, -0.05) is 18.2 Å². The average molecular weight is 190 g/mol. The van der Waals surface area contributed by atoms with Crippen LogP contribution in [-0.4, -0.2) is 26.3 Å². The second-order valence-electron chi connectivity index (χ2n) is 3.48. The molecule has 1 aromatic rings. The Labute approximate surface area is 85.5 Å². The number of anilines is 1. The minimum Gasteiger partial charge on any atom is -0.378 e. The van der Waals surface area contributed by atoms with Crippen LogP contribution in [0.2, 0.25) is 0 Å². The van der Waals surface area contributed by atoms with Crippen LogP contribution in [0.25, 0.3) is 0 Å². The van der Waals surface area contributed by atoms with E-state index in [0.29, 0.717) is 0 Å². The molecule has 0 atom stereocenters. The van der Waals surface area contributed by atoms with Crippen LogP contribution in [0.15, 0.2) is 24.3 Å². The Morgan fingerprint density at radius 3 is 2.64 bits per heavy atom. The molecule has 1 radical (unpaired) electrons. The summed E-state index contributed by atoms with van der Waals surface area (Å²) in [7, 11) is 0. The predicted molar refractivity (Wildman–Crippen MR) is 58.5 cm³/mol. The average Bonchev–Trinajstić information content (AvgIpc) is 2.30. The smallest absolute Gasteiger partial charge is 0.0642 e.